The molecule has 0 radical (unpaired) electrons. The van der Waals surface area contributed by atoms with E-state index in [0.717, 1.165) is 4.88 Å². The number of thiophene rings is 2. The zero-order valence-electron chi connectivity index (χ0n) is 13.9. The third kappa shape index (κ3) is 4.07. The van der Waals surface area contributed by atoms with Gasteiger partial charge < -0.3 is 10.1 Å². The van der Waals surface area contributed by atoms with Gasteiger partial charge in [0.05, 0.1) is 24.1 Å². The highest BCUT2D eigenvalue weighted by atomic mass is 32.1. The van der Waals surface area contributed by atoms with Gasteiger partial charge in [-0.2, -0.15) is 11.3 Å². The van der Waals surface area contributed by atoms with Gasteiger partial charge in [-0.15, -0.1) is 11.3 Å². The van der Waals surface area contributed by atoms with Crippen LogP contribution in [-0.4, -0.2) is 24.8 Å². The molecule has 0 aliphatic rings. The van der Waals surface area contributed by atoms with Crippen LogP contribution in [0.25, 0.3) is 0 Å². The predicted octanol–water partition coefficient (Wildman–Crippen LogP) is 3.76. The van der Waals surface area contributed by atoms with Crippen LogP contribution in [0, 0.1) is 0 Å². The molecule has 26 heavy (non-hydrogen) atoms. The second-order valence-corrected chi connectivity index (χ2v) is 7.31. The lowest BCUT2D eigenvalue weighted by Gasteiger charge is -2.05. The fraction of sp³-hybridized carbons (Fsp3) is 0.105. The fourth-order valence-corrected chi connectivity index (χ4v) is 3.82. The Hall–Kier alpha value is -2.77. The van der Waals surface area contributed by atoms with E-state index in [-0.39, 0.29) is 11.7 Å². The molecule has 1 amide bonds. The van der Waals surface area contributed by atoms with Gasteiger partial charge in [-0.25, -0.2) is 4.79 Å². The molecule has 0 spiro atoms. The zero-order chi connectivity index (χ0) is 18.5. The topological polar surface area (TPSA) is 72.5 Å². The molecule has 0 bridgehead atoms. The summed E-state index contributed by atoms with van der Waals surface area (Å²) in [6.45, 7) is 0.333. The first-order chi connectivity index (χ1) is 12.6. The Balaban J connectivity index is 1.60. The molecule has 0 atom stereocenters. The van der Waals surface area contributed by atoms with E-state index < -0.39 is 5.97 Å². The number of nitrogens with one attached hydrogen (secondary N) is 1. The van der Waals surface area contributed by atoms with Crippen molar-refractivity contribution in [1.29, 1.82) is 0 Å². The van der Waals surface area contributed by atoms with Gasteiger partial charge in [-0.1, -0.05) is 0 Å². The smallest absolute Gasteiger partial charge is 0.337 e. The Kier molecular flexibility index (Phi) is 5.60. The molecule has 7 heteroatoms. The van der Waals surface area contributed by atoms with Gasteiger partial charge in [0.1, 0.15) is 0 Å². The maximum atomic E-state index is 12.3. The molecule has 0 saturated carbocycles. The summed E-state index contributed by atoms with van der Waals surface area (Å²) in [5.41, 5.74) is 1.51. The van der Waals surface area contributed by atoms with Gasteiger partial charge >= 0.3 is 5.97 Å². The van der Waals surface area contributed by atoms with Crippen molar-refractivity contribution in [3.8, 4) is 0 Å². The molecule has 0 saturated heterocycles. The Bertz CT molecular complexity index is 927. The zero-order valence-corrected chi connectivity index (χ0v) is 15.5. The standard InChI is InChI=1S/C19H15NO4S2/c1-24-19(23)13-4-2-12(3-5-13)18(22)20-10-15-6-7-16(26-15)17(21)14-8-9-25-11-14/h2-9,11H,10H2,1H3,(H,20,22). The molecule has 3 aromatic rings. The van der Waals surface area contributed by atoms with Crippen LogP contribution in [0.15, 0.2) is 53.2 Å². The molecule has 1 aromatic carbocycles. The van der Waals surface area contributed by atoms with Crippen molar-refractivity contribution in [3.05, 3.63) is 79.7 Å². The number of amides is 1. The number of hydrogen-bond donors (Lipinski definition) is 1. The number of rotatable bonds is 6. The summed E-state index contributed by atoms with van der Waals surface area (Å²) in [5, 5.41) is 6.50. The number of methoxy groups -OCH3 is 1. The Morgan fingerprint density at radius 1 is 0.962 bits per heavy atom. The Morgan fingerprint density at radius 2 is 1.69 bits per heavy atom. The lowest BCUT2D eigenvalue weighted by Crippen LogP contribution is -2.22. The largest absolute Gasteiger partial charge is 0.465 e. The van der Waals surface area contributed by atoms with Crippen molar-refractivity contribution < 1.29 is 19.1 Å². The fourth-order valence-electron chi connectivity index (χ4n) is 2.28. The van der Waals surface area contributed by atoms with Gasteiger partial charge in [0.25, 0.3) is 5.91 Å². The van der Waals surface area contributed by atoms with Crippen LogP contribution in [0.3, 0.4) is 0 Å². The van der Waals surface area contributed by atoms with Gasteiger partial charge in [-0.05, 0) is 47.8 Å². The summed E-state index contributed by atoms with van der Waals surface area (Å²) in [6, 6.07) is 11.6. The quantitative estimate of drug-likeness (QED) is 0.518. The second kappa shape index (κ2) is 8.07. The molecular formula is C19H15NO4S2. The maximum Gasteiger partial charge on any atom is 0.337 e. The number of ketones is 1. The number of ether oxygens (including phenoxy) is 1. The molecule has 3 rings (SSSR count). The van der Waals surface area contributed by atoms with Gasteiger partial charge in [0.2, 0.25) is 5.78 Å². The van der Waals surface area contributed by atoms with E-state index in [9.17, 15) is 14.4 Å². The number of benzene rings is 1. The molecule has 0 aliphatic heterocycles. The highest BCUT2D eigenvalue weighted by Gasteiger charge is 2.13. The summed E-state index contributed by atoms with van der Waals surface area (Å²) in [6.07, 6.45) is 0. The minimum absolute atomic E-state index is 0.00720. The molecule has 0 aliphatic carbocycles. The van der Waals surface area contributed by atoms with Crippen LogP contribution in [-0.2, 0) is 11.3 Å². The van der Waals surface area contributed by atoms with Crippen LogP contribution < -0.4 is 5.32 Å². The minimum Gasteiger partial charge on any atom is -0.465 e. The van der Waals surface area contributed by atoms with Crippen molar-refractivity contribution in [3.63, 3.8) is 0 Å². The minimum atomic E-state index is -0.446. The van der Waals surface area contributed by atoms with Crippen molar-refractivity contribution in [1.82, 2.24) is 5.32 Å². The molecular weight excluding hydrogens is 370 g/mol. The summed E-state index contributed by atoms with van der Waals surface area (Å²) in [7, 11) is 1.31. The van der Waals surface area contributed by atoms with Gasteiger partial charge in [-0.3, -0.25) is 9.59 Å². The molecule has 0 unspecified atom stereocenters. The summed E-state index contributed by atoms with van der Waals surface area (Å²) >= 11 is 2.85. The van der Waals surface area contributed by atoms with Gasteiger partial charge in [0, 0.05) is 21.4 Å². The lowest BCUT2D eigenvalue weighted by atomic mass is 10.1. The molecule has 2 aromatic heterocycles. The summed E-state index contributed by atoms with van der Waals surface area (Å²) in [5.74, 6) is -0.703. The van der Waals surface area contributed by atoms with Crippen LogP contribution in [0.4, 0.5) is 0 Å². The predicted molar refractivity (Wildman–Crippen MR) is 101 cm³/mol. The average Bonchev–Trinajstić information content (AvgIpc) is 3.37. The molecule has 1 N–H and O–H groups in total. The van der Waals surface area contributed by atoms with Crippen molar-refractivity contribution in [2.24, 2.45) is 0 Å². The number of carbonyl (C=O) groups is 3. The van der Waals surface area contributed by atoms with E-state index in [1.807, 2.05) is 16.8 Å². The third-order valence-electron chi connectivity index (χ3n) is 3.66. The van der Waals surface area contributed by atoms with E-state index in [0.29, 0.717) is 28.1 Å². The summed E-state index contributed by atoms with van der Waals surface area (Å²) in [4.78, 5) is 37.4. The summed E-state index contributed by atoms with van der Waals surface area (Å²) < 4.78 is 4.63. The Labute approximate surface area is 158 Å². The third-order valence-corrected chi connectivity index (χ3v) is 5.43. The number of esters is 1. The number of carbonyl (C=O) groups excluding carboxylic acids is 3. The van der Waals surface area contributed by atoms with E-state index in [4.69, 9.17) is 0 Å². The van der Waals surface area contributed by atoms with Crippen molar-refractivity contribution in [2.75, 3.05) is 7.11 Å². The maximum absolute atomic E-state index is 12.3. The lowest BCUT2D eigenvalue weighted by molar-refractivity contribution is 0.0600. The first-order valence-corrected chi connectivity index (χ1v) is 9.46. The van der Waals surface area contributed by atoms with Crippen molar-refractivity contribution >= 4 is 40.3 Å². The molecule has 5 nitrogen and oxygen atoms in total. The SMILES string of the molecule is COC(=O)c1ccc(C(=O)NCc2ccc(C(=O)c3ccsc3)s2)cc1. The van der Waals surface area contributed by atoms with E-state index >= 15 is 0 Å². The van der Waals surface area contributed by atoms with Crippen LogP contribution in [0.2, 0.25) is 0 Å². The highest BCUT2D eigenvalue weighted by Crippen LogP contribution is 2.21. The first kappa shape index (κ1) is 18.0. The van der Waals surface area contributed by atoms with Crippen LogP contribution >= 0.6 is 22.7 Å². The number of hydrogen-bond acceptors (Lipinski definition) is 6. The monoisotopic (exact) mass is 385 g/mol. The second-order valence-electron chi connectivity index (χ2n) is 5.36. The normalized spacial score (nSPS) is 10.3. The van der Waals surface area contributed by atoms with Crippen LogP contribution in [0.5, 0.6) is 0 Å². The average molecular weight is 385 g/mol. The molecule has 132 valence electrons. The van der Waals surface area contributed by atoms with E-state index in [2.05, 4.69) is 10.1 Å². The Morgan fingerprint density at radius 3 is 2.35 bits per heavy atom. The molecule has 0 fully saturated rings. The van der Waals surface area contributed by atoms with Crippen molar-refractivity contribution in [2.45, 2.75) is 6.54 Å². The van der Waals surface area contributed by atoms with Crippen LogP contribution in [0.1, 0.15) is 40.8 Å². The first-order valence-electron chi connectivity index (χ1n) is 7.70. The van der Waals surface area contributed by atoms with E-state index in [1.165, 1.54) is 29.8 Å². The molecule has 2 heterocycles. The van der Waals surface area contributed by atoms with E-state index in [1.54, 1.807) is 36.4 Å². The highest BCUT2D eigenvalue weighted by molar-refractivity contribution is 7.14. The van der Waals surface area contributed by atoms with Gasteiger partial charge in [0.15, 0.2) is 0 Å².